The summed E-state index contributed by atoms with van der Waals surface area (Å²) in [5.41, 5.74) is 4.46. The van der Waals surface area contributed by atoms with E-state index in [2.05, 4.69) is 10.6 Å². The van der Waals surface area contributed by atoms with E-state index >= 15 is 0 Å². The third-order valence-electron chi connectivity index (χ3n) is 2.35. The summed E-state index contributed by atoms with van der Waals surface area (Å²) < 4.78 is 0. The molecule has 0 heterocycles. The number of carbonyl (C=O) groups excluding carboxylic acids is 1. The second-order valence-corrected chi connectivity index (χ2v) is 4.37. The van der Waals surface area contributed by atoms with Crippen LogP contribution in [0.2, 0.25) is 5.02 Å². The highest BCUT2D eigenvalue weighted by Gasteiger charge is 2.18. The number of halogens is 1. The number of nitrogens with two attached hydrogens (primary N) is 1. The van der Waals surface area contributed by atoms with Crippen molar-refractivity contribution in [1.82, 2.24) is 5.32 Å². The number of carboxylic acids is 2. The van der Waals surface area contributed by atoms with Crippen LogP contribution in [0.5, 0.6) is 5.75 Å². The van der Waals surface area contributed by atoms with Crippen LogP contribution in [0.15, 0.2) is 12.1 Å². The third kappa shape index (κ3) is 4.51. The fraction of sp³-hybridized carbons (Fsp3) is 0.182. The summed E-state index contributed by atoms with van der Waals surface area (Å²) in [6, 6.07) is -0.0123. The fourth-order valence-electron chi connectivity index (χ4n) is 1.31. The largest absolute Gasteiger partial charge is 0.505 e. The lowest BCUT2D eigenvalue weighted by atomic mass is 10.1. The lowest BCUT2D eigenvalue weighted by Gasteiger charge is -2.12. The molecule has 1 rings (SSSR count). The molecule has 114 valence electrons. The van der Waals surface area contributed by atoms with Crippen molar-refractivity contribution in [2.75, 3.05) is 11.9 Å². The Bertz CT molecular complexity index is 592. The molecule has 0 radical (unpaired) electrons. The van der Waals surface area contributed by atoms with Gasteiger partial charge >= 0.3 is 18.0 Å². The predicted molar refractivity (Wildman–Crippen MR) is 72.7 cm³/mol. The van der Waals surface area contributed by atoms with Crippen molar-refractivity contribution >= 4 is 35.3 Å². The SMILES string of the molecule is N[C@@H](CNC(=O)Nc1cc(Cl)cc(C(=O)O)c1O)C(=O)O. The van der Waals surface area contributed by atoms with Crippen LogP contribution in [0, 0.1) is 0 Å². The van der Waals surface area contributed by atoms with E-state index in [0.29, 0.717) is 0 Å². The number of aliphatic carboxylic acids is 1. The Morgan fingerprint density at radius 3 is 2.43 bits per heavy atom. The van der Waals surface area contributed by atoms with Gasteiger partial charge in [0.1, 0.15) is 11.6 Å². The second kappa shape index (κ2) is 6.77. The molecule has 0 bridgehead atoms. The van der Waals surface area contributed by atoms with Crippen LogP contribution in [0.4, 0.5) is 10.5 Å². The Hall–Kier alpha value is -2.52. The Labute approximate surface area is 123 Å². The third-order valence-corrected chi connectivity index (χ3v) is 2.57. The van der Waals surface area contributed by atoms with Crippen molar-refractivity contribution < 1.29 is 29.7 Å². The number of benzene rings is 1. The number of hydrogen-bond donors (Lipinski definition) is 6. The summed E-state index contributed by atoms with van der Waals surface area (Å²) in [5.74, 6) is -3.40. The molecule has 0 aliphatic carbocycles. The van der Waals surface area contributed by atoms with E-state index in [9.17, 15) is 19.5 Å². The normalized spacial score (nSPS) is 11.5. The molecule has 0 unspecified atom stereocenters. The summed E-state index contributed by atoms with van der Waals surface area (Å²) in [6.07, 6.45) is 0. The minimum Gasteiger partial charge on any atom is -0.505 e. The zero-order chi connectivity index (χ0) is 16.2. The highest BCUT2D eigenvalue weighted by molar-refractivity contribution is 6.31. The Balaban J connectivity index is 2.81. The number of phenols is 1. The van der Waals surface area contributed by atoms with Crippen LogP contribution in [-0.4, -0.2) is 45.9 Å². The van der Waals surface area contributed by atoms with Gasteiger partial charge in [-0.15, -0.1) is 0 Å². The zero-order valence-corrected chi connectivity index (χ0v) is 11.2. The molecular weight excluding hydrogens is 306 g/mol. The fourth-order valence-corrected chi connectivity index (χ4v) is 1.53. The maximum atomic E-state index is 11.5. The molecule has 1 atom stereocenters. The number of rotatable bonds is 5. The number of carbonyl (C=O) groups is 3. The first kappa shape index (κ1) is 16.5. The average Bonchev–Trinajstić information content (AvgIpc) is 2.39. The van der Waals surface area contributed by atoms with Gasteiger partial charge in [-0.3, -0.25) is 4.79 Å². The average molecular weight is 318 g/mol. The topological polar surface area (TPSA) is 162 Å². The minimum absolute atomic E-state index is 0.0114. The van der Waals surface area contributed by atoms with Gasteiger partial charge in [0.05, 0.1) is 5.69 Å². The van der Waals surface area contributed by atoms with E-state index in [4.69, 9.17) is 27.5 Å². The standard InChI is InChI=1S/C11H12ClN3O6/c12-4-1-5(9(17)18)8(16)7(2-4)15-11(21)14-3-6(13)10(19)20/h1-2,6,16H,3,13H2,(H,17,18)(H,19,20)(H2,14,15,21)/t6-/m0/s1. The maximum absolute atomic E-state index is 11.5. The van der Waals surface area contributed by atoms with E-state index in [1.54, 1.807) is 0 Å². The molecule has 0 saturated carbocycles. The van der Waals surface area contributed by atoms with Gasteiger partial charge in [0.25, 0.3) is 0 Å². The number of aromatic hydroxyl groups is 1. The molecule has 7 N–H and O–H groups in total. The first-order chi connectivity index (χ1) is 9.72. The van der Waals surface area contributed by atoms with Gasteiger partial charge in [-0.25, -0.2) is 9.59 Å². The molecule has 0 spiro atoms. The Morgan fingerprint density at radius 1 is 1.29 bits per heavy atom. The lowest BCUT2D eigenvalue weighted by Crippen LogP contribution is -2.43. The number of amides is 2. The van der Waals surface area contributed by atoms with Gasteiger partial charge < -0.3 is 31.7 Å². The minimum atomic E-state index is -1.42. The van der Waals surface area contributed by atoms with Crippen LogP contribution < -0.4 is 16.4 Å². The van der Waals surface area contributed by atoms with E-state index in [1.165, 1.54) is 0 Å². The summed E-state index contributed by atoms with van der Waals surface area (Å²) in [4.78, 5) is 32.9. The van der Waals surface area contributed by atoms with E-state index in [-0.39, 0.29) is 17.3 Å². The molecule has 0 aromatic heterocycles. The van der Waals surface area contributed by atoms with Gasteiger partial charge in [0, 0.05) is 11.6 Å². The van der Waals surface area contributed by atoms with Gasteiger partial charge in [-0.2, -0.15) is 0 Å². The van der Waals surface area contributed by atoms with Crippen LogP contribution in [0.25, 0.3) is 0 Å². The Kier molecular flexibility index (Phi) is 5.33. The highest BCUT2D eigenvalue weighted by Crippen LogP contribution is 2.31. The van der Waals surface area contributed by atoms with Crippen LogP contribution in [-0.2, 0) is 4.79 Å². The predicted octanol–water partition coefficient (Wildman–Crippen LogP) is 0.277. The molecule has 1 aromatic carbocycles. The maximum Gasteiger partial charge on any atom is 0.339 e. The molecule has 21 heavy (non-hydrogen) atoms. The highest BCUT2D eigenvalue weighted by atomic mass is 35.5. The number of hydrogen-bond acceptors (Lipinski definition) is 5. The van der Waals surface area contributed by atoms with Gasteiger partial charge in [-0.1, -0.05) is 11.6 Å². The van der Waals surface area contributed by atoms with Crippen LogP contribution >= 0.6 is 11.6 Å². The van der Waals surface area contributed by atoms with Crippen LogP contribution in [0.3, 0.4) is 0 Å². The van der Waals surface area contributed by atoms with Crippen molar-refractivity contribution in [3.63, 3.8) is 0 Å². The second-order valence-electron chi connectivity index (χ2n) is 3.93. The quantitative estimate of drug-likeness (QED) is 0.425. The first-order valence-corrected chi connectivity index (χ1v) is 5.89. The molecule has 1 aromatic rings. The van der Waals surface area contributed by atoms with Crippen molar-refractivity contribution in [2.45, 2.75) is 6.04 Å². The first-order valence-electron chi connectivity index (χ1n) is 5.51. The monoisotopic (exact) mass is 317 g/mol. The van der Waals surface area contributed by atoms with Gasteiger partial charge in [0.2, 0.25) is 0 Å². The van der Waals surface area contributed by atoms with Crippen molar-refractivity contribution in [1.29, 1.82) is 0 Å². The number of nitrogens with one attached hydrogen (secondary N) is 2. The molecule has 10 heteroatoms. The van der Waals surface area contributed by atoms with E-state index in [0.717, 1.165) is 12.1 Å². The number of urea groups is 1. The molecule has 2 amide bonds. The molecule has 0 aliphatic rings. The lowest BCUT2D eigenvalue weighted by molar-refractivity contribution is -0.138. The summed E-state index contributed by atoms with van der Waals surface area (Å²) >= 11 is 5.67. The van der Waals surface area contributed by atoms with Gasteiger partial charge in [0.15, 0.2) is 5.75 Å². The molecule has 0 saturated heterocycles. The molecular formula is C11H12ClN3O6. The molecule has 0 aliphatic heterocycles. The summed E-state index contributed by atoms with van der Waals surface area (Å²) in [6.45, 7) is -0.353. The van der Waals surface area contributed by atoms with Crippen molar-refractivity contribution in [3.05, 3.63) is 22.7 Å². The zero-order valence-electron chi connectivity index (χ0n) is 10.5. The molecule has 9 nitrogen and oxygen atoms in total. The molecule has 0 fully saturated rings. The van der Waals surface area contributed by atoms with Crippen molar-refractivity contribution in [2.24, 2.45) is 5.73 Å². The van der Waals surface area contributed by atoms with Crippen molar-refractivity contribution in [3.8, 4) is 5.75 Å². The van der Waals surface area contributed by atoms with E-state index in [1.807, 2.05) is 0 Å². The number of anilines is 1. The number of aromatic carboxylic acids is 1. The van der Waals surface area contributed by atoms with E-state index < -0.39 is 35.3 Å². The Morgan fingerprint density at radius 2 is 1.90 bits per heavy atom. The summed E-state index contributed by atoms with van der Waals surface area (Å²) in [5, 5.41) is 31.4. The van der Waals surface area contributed by atoms with Crippen LogP contribution in [0.1, 0.15) is 10.4 Å². The summed E-state index contributed by atoms with van der Waals surface area (Å²) in [7, 11) is 0. The smallest absolute Gasteiger partial charge is 0.339 e. The van der Waals surface area contributed by atoms with Gasteiger partial charge in [-0.05, 0) is 12.1 Å². The number of carboxylic acid groups (broad SMARTS) is 2.